The van der Waals surface area contributed by atoms with Crippen LogP contribution in [0.25, 0.3) is 0 Å². The zero-order valence-corrected chi connectivity index (χ0v) is 10.4. The number of rotatable bonds is 3. The highest BCUT2D eigenvalue weighted by Crippen LogP contribution is 2.08. The molecule has 2 rings (SSSR count). The fraction of sp³-hybridized carbons (Fsp3) is 0.455. The predicted molar refractivity (Wildman–Crippen MR) is 64.6 cm³/mol. The first-order valence-electron chi connectivity index (χ1n) is 5.60. The third kappa shape index (κ3) is 2.55. The molecule has 0 bridgehead atoms. The maximum atomic E-state index is 11.7. The molecule has 2 amide bonds. The average molecular weight is 249 g/mol. The van der Waals surface area contributed by atoms with Gasteiger partial charge < -0.3 is 15.1 Å². The largest absolute Gasteiger partial charge is 0.372 e. The number of likely N-dealkylation sites (N-methyl/N-ethyl adjacent to an activating group) is 1. The lowest BCUT2D eigenvalue weighted by atomic mass is 10.3. The second kappa shape index (κ2) is 4.99. The third-order valence-electron chi connectivity index (χ3n) is 2.79. The second-order valence-corrected chi connectivity index (χ2v) is 4.14. The van der Waals surface area contributed by atoms with Gasteiger partial charge in [-0.15, -0.1) is 0 Å². The van der Waals surface area contributed by atoms with Crippen LogP contribution >= 0.6 is 0 Å². The van der Waals surface area contributed by atoms with Gasteiger partial charge in [-0.25, -0.2) is 4.98 Å². The molecular formula is C11H15N5O2. The lowest BCUT2D eigenvalue weighted by Gasteiger charge is -2.31. The molecule has 7 nitrogen and oxygen atoms in total. The van der Waals surface area contributed by atoms with Gasteiger partial charge in [-0.3, -0.25) is 14.6 Å². The number of carbonyl (C=O) groups is 2. The molecule has 0 radical (unpaired) electrons. The Labute approximate surface area is 105 Å². The lowest BCUT2D eigenvalue weighted by Crippen LogP contribution is -2.51. The fourth-order valence-electron chi connectivity index (χ4n) is 1.67. The highest BCUT2D eigenvalue weighted by atomic mass is 16.2. The maximum absolute atomic E-state index is 11.7. The Morgan fingerprint density at radius 2 is 2.00 bits per heavy atom. The fourth-order valence-corrected chi connectivity index (χ4v) is 1.67. The number of nitrogens with zero attached hydrogens (tertiary/aromatic N) is 4. The summed E-state index contributed by atoms with van der Waals surface area (Å²) in [6, 6.07) is 0. The first-order valence-corrected chi connectivity index (χ1v) is 5.60. The van der Waals surface area contributed by atoms with Gasteiger partial charge in [0, 0.05) is 14.1 Å². The van der Waals surface area contributed by atoms with Crippen LogP contribution in [0.4, 0.5) is 5.82 Å². The number of hydrogen-bond donors (Lipinski definition) is 1. The number of nitrogens with one attached hydrogen (secondary N) is 1. The Balaban J connectivity index is 2.04. The highest BCUT2D eigenvalue weighted by molar-refractivity contribution is 5.92. The van der Waals surface area contributed by atoms with E-state index in [4.69, 9.17) is 0 Å². The summed E-state index contributed by atoms with van der Waals surface area (Å²) >= 11 is 0. The smallest absolute Gasteiger partial charge is 0.243 e. The van der Waals surface area contributed by atoms with E-state index in [1.165, 1.54) is 9.80 Å². The monoisotopic (exact) mass is 249 g/mol. The minimum atomic E-state index is -0.0726. The van der Waals surface area contributed by atoms with E-state index in [2.05, 4.69) is 15.3 Å². The molecule has 0 aliphatic carbocycles. The number of hydrogen-bond acceptors (Lipinski definition) is 5. The standard InChI is InChI=1S/C11H15N5O2/c1-12-9-4-13-8(3-14-9)5-16-7-10(17)15(2)6-11(16)18/h3-4H,5-7H2,1-2H3,(H,12,14). The van der Waals surface area contributed by atoms with Crippen molar-refractivity contribution in [2.45, 2.75) is 6.54 Å². The predicted octanol–water partition coefficient (Wildman–Crippen LogP) is -0.681. The van der Waals surface area contributed by atoms with Crippen molar-refractivity contribution in [2.24, 2.45) is 0 Å². The molecule has 1 N–H and O–H groups in total. The topological polar surface area (TPSA) is 78.4 Å². The summed E-state index contributed by atoms with van der Waals surface area (Å²) in [4.78, 5) is 34.5. The van der Waals surface area contributed by atoms with Gasteiger partial charge in [0.15, 0.2) is 0 Å². The summed E-state index contributed by atoms with van der Waals surface area (Å²) in [7, 11) is 3.38. The van der Waals surface area contributed by atoms with Crippen LogP contribution in [0.15, 0.2) is 12.4 Å². The van der Waals surface area contributed by atoms with E-state index >= 15 is 0 Å². The van der Waals surface area contributed by atoms with Gasteiger partial charge in [-0.05, 0) is 0 Å². The van der Waals surface area contributed by atoms with Crippen molar-refractivity contribution in [2.75, 3.05) is 32.5 Å². The molecule has 1 aliphatic heterocycles. The third-order valence-corrected chi connectivity index (χ3v) is 2.79. The van der Waals surface area contributed by atoms with Crippen molar-refractivity contribution in [3.05, 3.63) is 18.1 Å². The Morgan fingerprint density at radius 1 is 1.22 bits per heavy atom. The van der Waals surface area contributed by atoms with Gasteiger partial charge >= 0.3 is 0 Å². The first-order chi connectivity index (χ1) is 8.60. The number of amides is 2. The Kier molecular flexibility index (Phi) is 3.40. The van der Waals surface area contributed by atoms with Gasteiger partial charge in [0.05, 0.1) is 31.2 Å². The summed E-state index contributed by atoms with van der Waals surface area (Å²) in [5.74, 6) is 0.533. The Bertz CT molecular complexity index is 459. The van der Waals surface area contributed by atoms with Crippen molar-refractivity contribution in [1.29, 1.82) is 0 Å². The van der Waals surface area contributed by atoms with E-state index in [1.54, 1.807) is 26.5 Å². The summed E-state index contributed by atoms with van der Waals surface area (Å²) in [6.07, 6.45) is 3.19. The van der Waals surface area contributed by atoms with Crippen LogP contribution in [0.5, 0.6) is 0 Å². The number of aromatic nitrogens is 2. The van der Waals surface area contributed by atoms with Crippen LogP contribution in [-0.2, 0) is 16.1 Å². The molecule has 0 atom stereocenters. The number of piperazine rings is 1. The molecule has 0 aromatic carbocycles. The zero-order chi connectivity index (χ0) is 13.1. The molecule has 96 valence electrons. The van der Waals surface area contributed by atoms with Gasteiger partial charge in [0.25, 0.3) is 0 Å². The first kappa shape index (κ1) is 12.3. The van der Waals surface area contributed by atoms with Crippen molar-refractivity contribution < 1.29 is 9.59 Å². The molecule has 7 heteroatoms. The zero-order valence-electron chi connectivity index (χ0n) is 10.4. The van der Waals surface area contributed by atoms with E-state index in [9.17, 15) is 9.59 Å². The number of carbonyl (C=O) groups excluding carboxylic acids is 2. The van der Waals surface area contributed by atoms with Gasteiger partial charge in [-0.2, -0.15) is 0 Å². The molecule has 1 saturated heterocycles. The van der Waals surface area contributed by atoms with E-state index in [0.717, 1.165) is 0 Å². The Hall–Kier alpha value is -2.18. The summed E-state index contributed by atoms with van der Waals surface area (Å²) < 4.78 is 0. The van der Waals surface area contributed by atoms with Crippen LogP contribution in [0, 0.1) is 0 Å². The van der Waals surface area contributed by atoms with Crippen molar-refractivity contribution in [3.8, 4) is 0 Å². The van der Waals surface area contributed by atoms with Gasteiger partial charge in [0.1, 0.15) is 12.4 Å². The normalized spacial score (nSPS) is 16.1. The summed E-state index contributed by atoms with van der Waals surface area (Å²) in [5, 5.41) is 2.86. The minimum absolute atomic E-state index is 0.0607. The molecule has 0 unspecified atom stereocenters. The molecule has 18 heavy (non-hydrogen) atoms. The second-order valence-electron chi connectivity index (χ2n) is 4.14. The van der Waals surface area contributed by atoms with E-state index < -0.39 is 0 Å². The van der Waals surface area contributed by atoms with E-state index in [-0.39, 0.29) is 24.9 Å². The lowest BCUT2D eigenvalue weighted by molar-refractivity contribution is -0.149. The minimum Gasteiger partial charge on any atom is -0.372 e. The molecule has 1 aromatic heterocycles. The number of anilines is 1. The van der Waals surface area contributed by atoms with Crippen LogP contribution in [0.2, 0.25) is 0 Å². The molecule has 1 aliphatic rings. The summed E-state index contributed by atoms with van der Waals surface area (Å²) in [5.41, 5.74) is 0.666. The van der Waals surface area contributed by atoms with Crippen LogP contribution in [0.1, 0.15) is 5.69 Å². The Morgan fingerprint density at radius 3 is 2.61 bits per heavy atom. The van der Waals surface area contributed by atoms with Crippen LogP contribution in [0.3, 0.4) is 0 Å². The molecule has 1 aromatic rings. The molecule has 0 spiro atoms. The van der Waals surface area contributed by atoms with Crippen LogP contribution < -0.4 is 5.32 Å². The van der Waals surface area contributed by atoms with Crippen molar-refractivity contribution in [1.82, 2.24) is 19.8 Å². The van der Waals surface area contributed by atoms with Crippen LogP contribution in [-0.4, -0.2) is 58.8 Å². The van der Waals surface area contributed by atoms with E-state index in [0.29, 0.717) is 18.1 Å². The molecule has 1 fully saturated rings. The van der Waals surface area contributed by atoms with Gasteiger partial charge in [-0.1, -0.05) is 0 Å². The molecular weight excluding hydrogens is 234 g/mol. The van der Waals surface area contributed by atoms with Crippen molar-refractivity contribution in [3.63, 3.8) is 0 Å². The van der Waals surface area contributed by atoms with E-state index in [1.807, 2.05) is 0 Å². The maximum Gasteiger partial charge on any atom is 0.243 e. The quantitative estimate of drug-likeness (QED) is 0.768. The molecule has 2 heterocycles. The summed E-state index contributed by atoms with van der Waals surface area (Å²) in [6.45, 7) is 0.543. The van der Waals surface area contributed by atoms with Gasteiger partial charge in [0.2, 0.25) is 11.8 Å². The average Bonchev–Trinajstić information content (AvgIpc) is 2.37. The molecule has 0 saturated carbocycles. The highest BCUT2D eigenvalue weighted by Gasteiger charge is 2.27. The SMILES string of the molecule is CNc1cnc(CN2CC(=O)N(C)CC2=O)cn1. The van der Waals surface area contributed by atoms with Crippen molar-refractivity contribution >= 4 is 17.6 Å².